The van der Waals surface area contributed by atoms with Gasteiger partial charge in [-0.3, -0.25) is 4.98 Å². The molecule has 1 fully saturated rings. The normalized spacial score (nSPS) is 13.2. The minimum atomic E-state index is -0.541. The number of nitriles is 1. The van der Waals surface area contributed by atoms with Crippen molar-refractivity contribution in [2.24, 2.45) is 0 Å². The first-order valence-electron chi connectivity index (χ1n) is 16.7. The minimum Gasteiger partial charge on any atom is -0.445 e. The summed E-state index contributed by atoms with van der Waals surface area (Å²) in [6.45, 7) is 3.44. The van der Waals surface area contributed by atoms with Crippen LogP contribution in [0.2, 0.25) is 10.0 Å². The molecule has 2 aromatic heterocycles. The largest absolute Gasteiger partial charge is 0.445 e. The number of nitrogens with zero attached hydrogens (tertiary/aromatic N) is 6. The van der Waals surface area contributed by atoms with Crippen molar-refractivity contribution in [3.8, 4) is 6.07 Å². The maximum atomic E-state index is 13.8. The van der Waals surface area contributed by atoms with E-state index >= 15 is 0 Å². The molecule has 0 radical (unpaired) electrons. The smallest absolute Gasteiger partial charge is 0.410 e. The lowest BCUT2D eigenvalue weighted by Gasteiger charge is -2.31. The average Bonchev–Trinajstić information content (AvgIpc) is 3.62. The number of pyridine rings is 1. The number of anilines is 4. The van der Waals surface area contributed by atoms with Crippen LogP contribution in [0.4, 0.5) is 31.9 Å². The fourth-order valence-electron chi connectivity index (χ4n) is 6.24. The molecule has 2 N–H and O–H groups in total. The predicted molar refractivity (Wildman–Crippen MR) is 200 cm³/mol. The van der Waals surface area contributed by atoms with Crippen LogP contribution in [-0.4, -0.2) is 44.1 Å². The van der Waals surface area contributed by atoms with Gasteiger partial charge in [0.1, 0.15) is 18.5 Å². The van der Waals surface area contributed by atoms with Crippen molar-refractivity contribution in [2.45, 2.75) is 38.8 Å². The van der Waals surface area contributed by atoms with Crippen molar-refractivity contribution in [2.75, 3.05) is 23.7 Å². The summed E-state index contributed by atoms with van der Waals surface area (Å²) in [5.41, 5.74) is 7.18. The molecular formula is C39H33Cl2FN8O2. The second-order valence-corrected chi connectivity index (χ2v) is 13.5. The first-order chi connectivity index (χ1) is 25.2. The van der Waals surface area contributed by atoms with Crippen molar-refractivity contribution < 1.29 is 13.9 Å². The van der Waals surface area contributed by atoms with E-state index in [0.717, 1.165) is 40.9 Å². The van der Waals surface area contributed by atoms with Gasteiger partial charge in [-0.15, -0.1) is 5.10 Å². The molecule has 52 heavy (non-hydrogen) atoms. The SMILES string of the molecule is Cc1ccc(Cc2cn(C3CCN(C(=O)OCc4ccccc4)CC3)nn2)cc1Nc1cc(Cl)c2ncc(C#N)c(Nc3ccc(F)c(Cl)c3)c2c1. The lowest BCUT2D eigenvalue weighted by Crippen LogP contribution is -2.39. The highest BCUT2D eigenvalue weighted by Crippen LogP contribution is 2.37. The van der Waals surface area contributed by atoms with E-state index in [-0.39, 0.29) is 23.8 Å². The van der Waals surface area contributed by atoms with E-state index in [0.29, 0.717) is 58.1 Å². The van der Waals surface area contributed by atoms with Crippen LogP contribution in [0.5, 0.6) is 0 Å². The van der Waals surface area contributed by atoms with Crippen LogP contribution in [0, 0.1) is 24.1 Å². The summed E-state index contributed by atoms with van der Waals surface area (Å²) < 4.78 is 21.2. The number of fused-ring (bicyclic) bond motifs is 1. The van der Waals surface area contributed by atoms with Crippen molar-refractivity contribution in [3.05, 3.63) is 135 Å². The second kappa shape index (κ2) is 15.3. The van der Waals surface area contributed by atoms with E-state index in [9.17, 15) is 14.4 Å². The third kappa shape index (κ3) is 7.78. The van der Waals surface area contributed by atoms with Crippen LogP contribution in [0.3, 0.4) is 0 Å². The summed E-state index contributed by atoms with van der Waals surface area (Å²) in [6, 6.07) is 26.0. The van der Waals surface area contributed by atoms with Crippen molar-refractivity contribution in [1.82, 2.24) is 24.9 Å². The summed E-state index contributed by atoms with van der Waals surface area (Å²) in [4.78, 5) is 18.8. The first kappa shape index (κ1) is 34.7. The molecule has 0 atom stereocenters. The van der Waals surface area contributed by atoms with E-state index in [1.807, 2.05) is 60.3 Å². The van der Waals surface area contributed by atoms with Crippen LogP contribution in [0.15, 0.2) is 91.3 Å². The summed E-state index contributed by atoms with van der Waals surface area (Å²) >= 11 is 12.7. The lowest BCUT2D eigenvalue weighted by molar-refractivity contribution is 0.0820. The van der Waals surface area contributed by atoms with Gasteiger partial charge >= 0.3 is 6.09 Å². The number of aryl methyl sites for hydroxylation is 1. The fourth-order valence-corrected chi connectivity index (χ4v) is 6.69. The van der Waals surface area contributed by atoms with Gasteiger partial charge in [0, 0.05) is 54.4 Å². The highest BCUT2D eigenvalue weighted by atomic mass is 35.5. The molecule has 7 rings (SSSR count). The van der Waals surface area contributed by atoms with Crippen molar-refractivity contribution >= 4 is 62.9 Å². The van der Waals surface area contributed by atoms with Crippen LogP contribution in [-0.2, 0) is 17.8 Å². The third-order valence-corrected chi connectivity index (χ3v) is 9.64. The molecule has 6 aromatic rings. The molecular weight excluding hydrogens is 702 g/mol. The Balaban J connectivity index is 1.03. The zero-order chi connectivity index (χ0) is 36.2. The Morgan fingerprint density at radius 1 is 0.981 bits per heavy atom. The highest BCUT2D eigenvalue weighted by molar-refractivity contribution is 6.36. The molecule has 0 bridgehead atoms. The number of carbonyl (C=O) groups is 1. The maximum absolute atomic E-state index is 13.8. The summed E-state index contributed by atoms with van der Waals surface area (Å²) in [7, 11) is 0. The van der Waals surface area contributed by atoms with Crippen molar-refractivity contribution in [3.63, 3.8) is 0 Å². The molecule has 1 aliphatic heterocycles. The average molecular weight is 736 g/mol. The Morgan fingerprint density at radius 2 is 1.77 bits per heavy atom. The van der Waals surface area contributed by atoms with Crippen LogP contribution >= 0.6 is 23.2 Å². The molecule has 1 saturated heterocycles. The topological polar surface area (TPSA) is 121 Å². The quantitative estimate of drug-likeness (QED) is 0.151. The van der Waals surface area contributed by atoms with Gasteiger partial charge in [0.15, 0.2) is 0 Å². The number of ether oxygens (including phenoxy) is 1. The molecule has 13 heteroatoms. The number of nitrogens with one attached hydrogen (secondary N) is 2. The van der Waals surface area contributed by atoms with E-state index in [1.165, 1.54) is 18.3 Å². The number of likely N-dealkylation sites (tertiary alicyclic amines) is 1. The Morgan fingerprint density at radius 3 is 2.54 bits per heavy atom. The molecule has 0 unspecified atom stereocenters. The number of halogens is 3. The Bertz CT molecular complexity index is 2300. The van der Waals surface area contributed by atoms with Gasteiger partial charge < -0.3 is 20.3 Å². The minimum absolute atomic E-state index is 0.0422. The number of rotatable bonds is 9. The molecule has 0 aliphatic carbocycles. The zero-order valence-corrected chi connectivity index (χ0v) is 29.6. The number of amides is 1. The number of piperidine rings is 1. The molecule has 0 spiro atoms. The lowest BCUT2D eigenvalue weighted by atomic mass is 10.0. The van der Waals surface area contributed by atoms with Gasteiger partial charge in [-0.1, -0.05) is 70.9 Å². The number of hydrogen-bond donors (Lipinski definition) is 2. The molecule has 0 saturated carbocycles. The van der Waals surface area contributed by atoms with Gasteiger partial charge in [0.05, 0.1) is 38.5 Å². The van der Waals surface area contributed by atoms with Gasteiger partial charge in [0.25, 0.3) is 0 Å². The molecule has 4 aromatic carbocycles. The highest BCUT2D eigenvalue weighted by Gasteiger charge is 2.26. The molecule has 1 amide bonds. The fraction of sp³-hybridized carbons (Fsp3) is 0.205. The molecule has 1 aliphatic rings. The summed E-state index contributed by atoms with van der Waals surface area (Å²) in [6.07, 6.45) is 5.22. The first-order valence-corrected chi connectivity index (χ1v) is 17.5. The number of carbonyl (C=O) groups excluding carboxylic acids is 1. The van der Waals surface area contributed by atoms with E-state index in [1.54, 1.807) is 17.0 Å². The standard InChI is InChI=1S/C39H33Cl2FN8O2/c1-24-7-8-26(15-30-22-50(48-47-30)31-11-13-49(14-12-31)39(51)52-23-25-5-3-2-4-6-25)16-36(24)45-29-17-32-37(46-28-9-10-35(42)33(40)18-28)27(20-43)21-44-38(32)34(41)19-29/h2-10,16-19,21-22,31,45H,11-15,23H2,1H3,(H,44,46). The zero-order valence-electron chi connectivity index (χ0n) is 28.1. The summed E-state index contributed by atoms with van der Waals surface area (Å²) in [5.74, 6) is -0.541. The van der Waals surface area contributed by atoms with E-state index in [4.69, 9.17) is 27.9 Å². The number of aromatic nitrogens is 4. The monoisotopic (exact) mass is 734 g/mol. The van der Waals surface area contributed by atoms with Crippen molar-refractivity contribution in [1.29, 1.82) is 5.26 Å². The second-order valence-electron chi connectivity index (χ2n) is 12.7. The van der Waals surface area contributed by atoms with E-state index in [2.05, 4.69) is 44.1 Å². The maximum Gasteiger partial charge on any atom is 0.410 e. The van der Waals surface area contributed by atoms with Crippen LogP contribution < -0.4 is 10.6 Å². The van der Waals surface area contributed by atoms with Gasteiger partial charge in [-0.25, -0.2) is 13.9 Å². The molecule has 3 heterocycles. The summed E-state index contributed by atoms with van der Waals surface area (Å²) in [5, 5.41) is 26.4. The van der Waals surface area contributed by atoms with Gasteiger partial charge in [-0.2, -0.15) is 5.26 Å². The molecule has 262 valence electrons. The Labute approximate surface area is 309 Å². The van der Waals surface area contributed by atoms with E-state index < -0.39 is 5.82 Å². The van der Waals surface area contributed by atoms with Gasteiger partial charge in [-0.05, 0) is 72.9 Å². The van der Waals surface area contributed by atoms with Gasteiger partial charge in [0.2, 0.25) is 0 Å². The van der Waals surface area contributed by atoms with Crippen LogP contribution in [0.25, 0.3) is 10.9 Å². The Kier molecular flexibility index (Phi) is 10.2. The predicted octanol–water partition coefficient (Wildman–Crippen LogP) is 9.50. The number of hydrogen-bond acceptors (Lipinski definition) is 8. The Hall–Kier alpha value is -5.70. The van der Waals surface area contributed by atoms with Crippen LogP contribution in [0.1, 0.15) is 46.8 Å². The molecule has 10 nitrogen and oxygen atoms in total. The number of benzene rings is 4. The third-order valence-electron chi connectivity index (χ3n) is 9.06.